The molecule has 0 saturated carbocycles. The first-order valence-corrected chi connectivity index (χ1v) is 5.92. The van der Waals surface area contributed by atoms with Crippen LogP contribution in [-0.4, -0.2) is 10.9 Å². The van der Waals surface area contributed by atoms with Gasteiger partial charge in [-0.1, -0.05) is 6.07 Å². The summed E-state index contributed by atoms with van der Waals surface area (Å²) in [5.41, 5.74) is -0.453. The Morgan fingerprint density at radius 2 is 2.05 bits per heavy atom. The number of aromatic amines is 1. The molecule has 6 heteroatoms. The van der Waals surface area contributed by atoms with Crippen molar-refractivity contribution in [2.45, 2.75) is 13.0 Å². The zero-order chi connectivity index (χ0) is 14.7. The third kappa shape index (κ3) is 2.90. The standard InChI is InChI=1S/C14H12F2N2O2/c1-8(10-5-4-9(15)7-12(10)16)18-14(20)11-3-2-6-17-13(11)19/h2-8H,1H3,(H,17,19)(H,18,20)/t8-/m1/s1. The molecule has 0 unspecified atom stereocenters. The second-order valence-electron chi connectivity index (χ2n) is 4.27. The van der Waals surface area contributed by atoms with Crippen molar-refractivity contribution in [3.05, 3.63) is 69.6 Å². The monoisotopic (exact) mass is 278 g/mol. The molecule has 1 aromatic carbocycles. The Morgan fingerprint density at radius 1 is 1.30 bits per heavy atom. The van der Waals surface area contributed by atoms with Gasteiger partial charge in [0.2, 0.25) is 0 Å². The van der Waals surface area contributed by atoms with Gasteiger partial charge >= 0.3 is 0 Å². The average molecular weight is 278 g/mol. The Labute approximate surface area is 113 Å². The van der Waals surface area contributed by atoms with Crippen LogP contribution in [-0.2, 0) is 0 Å². The molecule has 104 valence electrons. The highest BCUT2D eigenvalue weighted by atomic mass is 19.1. The molecule has 2 aromatic rings. The van der Waals surface area contributed by atoms with Gasteiger partial charge in [0, 0.05) is 17.8 Å². The third-order valence-corrected chi connectivity index (χ3v) is 2.84. The maximum Gasteiger partial charge on any atom is 0.260 e. The predicted octanol–water partition coefficient (Wildman–Crippen LogP) is 2.14. The highest BCUT2D eigenvalue weighted by Gasteiger charge is 2.16. The molecule has 2 N–H and O–H groups in total. The molecule has 1 heterocycles. The summed E-state index contributed by atoms with van der Waals surface area (Å²) < 4.78 is 26.4. The van der Waals surface area contributed by atoms with Gasteiger partial charge in [0.05, 0.1) is 6.04 Å². The van der Waals surface area contributed by atoms with E-state index < -0.39 is 29.1 Å². The van der Waals surface area contributed by atoms with Gasteiger partial charge in [0.1, 0.15) is 17.2 Å². The van der Waals surface area contributed by atoms with Crippen molar-refractivity contribution in [1.29, 1.82) is 0 Å². The molecule has 0 fully saturated rings. The molecule has 0 bridgehead atoms. The molecular weight excluding hydrogens is 266 g/mol. The van der Waals surface area contributed by atoms with Gasteiger partial charge in [0.15, 0.2) is 0 Å². The molecule has 4 nitrogen and oxygen atoms in total. The van der Waals surface area contributed by atoms with Crippen LogP contribution in [0.1, 0.15) is 28.9 Å². The Balaban J connectivity index is 2.20. The van der Waals surface area contributed by atoms with Crippen LogP contribution in [0.3, 0.4) is 0 Å². The predicted molar refractivity (Wildman–Crippen MR) is 69.3 cm³/mol. The van der Waals surface area contributed by atoms with Crippen molar-refractivity contribution in [3.8, 4) is 0 Å². The van der Waals surface area contributed by atoms with Crippen LogP contribution in [0.2, 0.25) is 0 Å². The van der Waals surface area contributed by atoms with Crippen molar-refractivity contribution in [1.82, 2.24) is 10.3 Å². The molecule has 1 amide bonds. The van der Waals surface area contributed by atoms with Crippen LogP contribution < -0.4 is 10.9 Å². The molecule has 1 atom stereocenters. The van der Waals surface area contributed by atoms with E-state index in [9.17, 15) is 18.4 Å². The average Bonchev–Trinajstić information content (AvgIpc) is 2.38. The minimum Gasteiger partial charge on any atom is -0.345 e. The van der Waals surface area contributed by atoms with E-state index in [2.05, 4.69) is 10.3 Å². The summed E-state index contributed by atoms with van der Waals surface area (Å²) in [5.74, 6) is -2.06. The number of hydrogen-bond acceptors (Lipinski definition) is 2. The van der Waals surface area contributed by atoms with Crippen molar-refractivity contribution in [2.24, 2.45) is 0 Å². The fourth-order valence-electron chi connectivity index (χ4n) is 1.81. The number of benzene rings is 1. The number of pyridine rings is 1. The number of rotatable bonds is 3. The number of hydrogen-bond donors (Lipinski definition) is 2. The lowest BCUT2D eigenvalue weighted by Crippen LogP contribution is -2.31. The Hall–Kier alpha value is -2.50. The second-order valence-corrected chi connectivity index (χ2v) is 4.27. The topological polar surface area (TPSA) is 62.0 Å². The fraction of sp³-hybridized carbons (Fsp3) is 0.143. The van der Waals surface area contributed by atoms with Crippen LogP contribution in [0.25, 0.3) is 0 Å². The fourth-order valence-corrected chi connectivity index (χ4v) is 1.81. The second kappa shape index (κ2) is 5.64. The maximum atomic E-state index is 13.6. The maximum absolute atomic E-state index is 13.6. The first kappa shape index (κ1) is 13.9. The number of carbonyl (C=O) groups is 1. The minimum absolute atomic E-state index is 0.0677. The van der Waals surface area contributed by atoms with Gasteiger partial charge in [-0.25, -0.2) is 8.78 Å². The molecule has 0 aliphatic carbocycles. The molecule has 1 aromatic heterocycles. The molecule has 0 aliphatic rings. The number of amides is 1. The molecule has 0 spiro atoms. The molecule has 0 aliphatic heterocycles. The smallest absolute Gasteiger partial charge is 0.260 e. The lowest BCUT2D eigenvalue weighted by atomic mass is 10.1. The molecule has 0 saturated heterocycles. The molecular formula is C14H12F2N2O2. The van der Waals surface area contributed by atoms with Crippen LogP contribution in [0.5, 0.6) is 0 Å². The largest absolute Gasteiger partial charge is 0.345 e. The summed E-state index contributed by atoms with van der Waals surface area (Å²) in [4.78, 5) is 25.7. The normalized spacial score (nSPS) is 11.9. The summed E-state index contributed by atoms with van der Waals surface area (Å²) in [7, 11) is 0. The quantitative estimate of drug-likeness (QED) is 0.903. The molecule has 2 rings (SSSR count). The highest BCUT2D eigenvalue weighted by Crippen LogP contribution is 2.17. The zero-order valence-electron chi connectivity index (χ0n) is 10.6. The van der Waals surface area contributed by atoms with Crippen molar-refractivity contribution in [2.75, 3.05) is 0 Å². The molecule has 0 radical (unpaired) electrons. The summed E-state index contributed by atoms with van der Waals surface area (Å²) in [6.07, 6.45) is 1.40. The van der Waals surface area contributed by atoms with Gasteiger partial charge in [-0.15, -0.1) is 0 Å². The highest BCUT2D eigenvalue weighted by molar-refractivity contribution is 5.93. The van der Waals surface area contributed by atoms with E-state index in [-0.39, 0.29) is 11.1 Å². The van der Waals surface area contributed by atoms with E-state index in [4.69, 9.17) is 0 Å². The minimum atomic E-state index is -0.750. The van der Waals surface area contributed by atoms with Crippen LogP contribution >= 0.6 is 0 Å². The summed E-state index contributed by atoms with van der Waals surface area (Å²) in [5, 5.41) is 2.49. The summed E-state index contributed by atoms with van der Waals surface area (Å²) >= 11 is 0. The van der Waals surface area contributed by atoms with Crippen molar-refractivity contribution in [3.63, 3.8) is 0 Å². The number of H-pyrrole nitrogens is 1. The van der Waals surface area contributed by atoms with Crippen LogP contribution in [0.4, 0.5) is 8.78 Å². The number of nitrogens with one attached hydrogen (secondary N) is 2. The van der Waals surface area contributed by atoms with E-state index in [1.807, 2.05) is 0 Å². The lowest BCUT2D eigenvalue weighted by molar-refractivity contribution is 0.0938. The van der Waals surface area contributed by atoms with Crippen LogP contribution in [0, 0.1) is 11.6 Å². The Morgan fingerprint density at radius 3 is 2.70 bits per heavy atom. The Kier molecular flexibility index (Phi) is 3.93. The lowest BCUT2D eigenvalue weighted by Gasteiger charge is -2.14. The first-order valence-electron chi connectivity index (χ1n) is 5.92. The third-order valence-electron chi connectivity index (χ3n) is 2.84. The van der Waals surface area contributed by atoms with Crippen LogP contribution in [0.15, 0.2) is 41.3 Å². The number of aromatic nitrogens is 1. The SMILES string of the molecule is C[C@@H](NC(=O)c1ccc[nH]c1=O)c1ccc(F)cc1F. The van der Waals surface area contributed by atoms with E-state index >= 15 is 0 Å². The van der Waals surface area contributed by atoms with Gasteiger partial charge in [-0.3, -0.25) is 9.59 Å². The zero-order valence-corrected chi connectivity index (χ0v) is 10.6. The number of halogens is 2. The van der Waals surface area contributed by atoms with Crippen molar-refractivity contribution < 1.29 is 13.6 Å². The van der Waals surface area contributed by atoms with E-state index in [0.29, 0.717) is 0 Å². The van der Waals surface area contributed by atoms with Crippen molar-refractivity contribution >= 4 is 5.91 Å². The first-order chi connectivity index (χ1) is 9.49. The summed E-state index contributed by atoms with van der Waals surface area (Å²) in [6.45, 7) is 1.55. The van der Waals surface area contributed by atoms with Gasteiger partial charge in [0.25, 0.3) is 11.5 Å². The van der Waals surface area contributed by atoms with E-state index in [0.717, 1.165) is 12.1 Å². The van der Waals surface area contributed by atoms with Gasteiger partial charge < -0.3 is 10.3 Å². The van der Waals surface area contributed by atoms with E-state index in [1.54, 1.807) is 6.92 Å². The van der Waals surface area contributed by atoms with Gasteiger partial charge in [-0.2, -0.15) is 0 Å². The van der Waals surface area contributed by atoms with Gasteiger partial charge in [-0.05, 0) is 25.1 Å². The Bertz CT molecular complexity index is 698. The molecule has 20 heavy (non-hydrogen) atoms. The van der Waals surface area contributed by atoms with E-state index in [1.165, 1.54) is 24.4 Å². The summed E-state index contributed by atoms with van der Waals surface area (Å²) in [6, 6.07) is 5.29. The number of carbonyl (C=O) groups excluding carboxylic acids is 1.